The van der Waals surface area contributed by atoms with E-state index in [2.05, 4.69) is 9.88 Å². The Bertz CT molecular complexity index is 941. The van der Waals surface area contributed by atoms with Gasteiger partial charge in [0.2, 0.25) is 5.91 Å². The molecule has 2 aliphatic heterocycles. The molecule has 0 unspecified atom stereocenters. The third-order valence-corrected chi connectivity index (χ3v) is 6.39. The minimum absolute atomic E-state index is 0.0793. The summed E-state index contributed by atoms with van der Waals surface area (Å²) in [4.78, 5) is 14.0. The van der Waals surface area contributed by atoms with E-state index in [0.717, 1.165) is 36.2 Å². The van der Waals surface area contributed by atoms with Crippen LogP contribution >= 0.6 is 0 Å². The second-order valence-corrected chi connectivity index (χ2v) is 8.17. The minimum Gasteiger partial charge on any atom is -0.360 e. The highest BCUT2D eigenvalue weighted by atomic mass is 32.2. The van der Waals surface area contributed by atoms with Gasteiger partial charge in [0.1, 0.15) is 5.69 Å². The predicted molar refractivity (Wildman–Crippen MR) is 92.2 cm³/mol. The van der Waals surface area contributed by atoms with Crippen LogP contribution in [0.25, 0.3) is 0 Å². The van der Waals surface area contributed by atoms with Crippen LogP contribution in [0.5, 0.6) is 0 Å². The van der Waals surface area contributed by atoms with E-state index < -0.39 is 10.0 Å². The quantitative estimate of drug-likeness (QED) is 0.906. The maximum absolute atomic E-state index is 12.7. The van der Waals surface area contributed by atoms with Gasteiger partial charge < -0.3 is 9.42 Å². The molecule has 0 saturated heterocycles. The molecule has 25 heavy (non-hydrogen) atoms. The molecule has 1 aromatic carbocycles. The van der Waals surface area contributed by atoms with Crippen molar-refractivity contribution in [3.63, 3.8) is 0 Å². The molecule has 132 valence electrons. The molecule has 0 fully saturated rings. The average molecular weight is 361 g/mol. The summed E-state index contributed by atoms with van der Waals surface area (Å²) in [5.74, 6) is 0.415. The Labute approximate surface area is 146 Å². The summed E-state index contributed by atoms with van der Waals surface area (Å²) in [6, 6.07) is 3.67. The molecule has 3 heterocycles. The molecule has 0 bridgehead atoms. The van der Waals surface area contributed by atoms with Gasteiger partial charge in [0.25, 0.3) is 10.0 Å². The highest BCUT2D eigenvalue weighted by molar-refractivity contribution is 7.92. The largest absolute Gasteiger partial charge is 0.360 e. The summed E-state index contributed by atoms with van der Waals surface area (Å²) in [7, 11) is -3.78. The zero-order valence-corrected chi connectivity index (χ0v) is 14.9. The highest BCUT2D eigenvalue weighted by Gasteiger charge is 2.31. The average Bonchev–Trinajstić information content (AvgIpc) is 2.90. The third-order valence-electron chi connectivity index (χ3n) is 4.76. The monoisotopic (exact) mass is 361 g/mol. The normalized spacial score (nSPS) is 16.7. The first kappa shape index (κ1) is 16.1. The molecule has 1 amide bonds. The maximum atomic E-state index is 12.7. The number of hydrogen-bond acceptors (Lipinski definition) is 5. The Kier molecular flexibility index (Phi) is 3.61. The number of hydrogen-bond donors (Lipinski definition) is 1. The van der Waals surface area contributed by atoms with Crippen molar-refractivity contribution in [2.45, 2.75) is 44.4 Å². The van der Waals surface area contributed by atoms with Crippen molar-refractivity contribution in [1.29, 1.82) is 0 Å². The van der Waals surface area contributed by atoms with Crippen LogP contribution in [-0.2, 0) is 27.7 Å². The Morgan fingerprint density at radius 2 is 1.88 bits per heavy atom. The molecule has 0 saturated carbocycles. The molecule has 4 rings (SSSR count). The molecule has 0 radical (unpaired) electrons. The number of aryl methyl sites for hydroxylation is 4. The Morgan fingerprint density at radius 1 is 1.16 bits per heavy atom. The van der Waals surface area contributed by atoms with Gasteiger partial charge in [-0.3, -0.25) is 9.52 Å². The number of carbonyl (C=O) groups excluding carboxylic acids is 1. The molecule has 0 atom stereocenters. The lowest BCUT2D eigenvalue weighted by molar-refractivity contribution is -0.119. The molecule has 2 aromatic rings. The van der Waals surface area contributed by atoms with Crippen molar-refractivity contribution in [2.24, 2.45) is 0 Å². The van der Waals surface area contributed by atoms with E-state index in [9.17, 15) is 13.2 Å². The number of aromatic nitrogens is 1. The summed E-state index contributed by atoms with van der Waals surface area (Å²) >= 11 is 0. The summed E-state index contributed by atoms with van der Waals surface area (Å²) in [6.45, 7) is 3.92. The van der Waals surface area contributed by atoms with Gasteiger partial charge >= 0.3 is 0 Å². The van der Waals surface area contributed by atoms with Crippen molar-refractivity contribution in [2.75, 3.05) is 16.2 Å². The van der Waals surface area contributed by atoms with E-state index >= 15 is 0 Å². The van der Waals surface area contributed by atoms with Crippen molar-refractivity contribution in [3.05, 3.63) is 34.7 Å². The number of amides is 1. The molecule has 0 aliphatic carbocycles. The number of rotatable bonds is 3. The molecule has 0 spiro atoms. The molecular weight excluding hydrogens is 342 g/mol. The molecular formula is C17H19N3O4S. The van der Waals surface area contributed by atoms with Gasteiger partial charge in [0.15, 0.2) is 10.7 Å². The van der Waals surface area contributed by atoms with Crippen LogP contribution in [0, 0.1) is 13.8 Å². The van der Waals surface area contributed by atoms with Gasteiger partial charge in [-0.05, 0) is 56.4 Å². The summed E-state index contributed by atoms with van der Waals surface area (Å²) in [5, 5.41) is 3.72. The van der Waals surface area contributed by atoms with Crippen LogP contribution in [0.15, 0.2) is 21.6 Å². The first-order valence-electron chi connectivity index (χ1n) is 8.28. The van der Waals surface area contributed by atoms with Crippen LogP contribution in [0.2, 0.25) is 0 Å². The van der Waals surface area contributed by atoms with Crippen molar-refractivity contribution in [1.82, 2.24) is 5.16 Å². The first-order valence-corrected chi connectivity index (χ1v) is 9.77. The van der Waals surface area contributed by atoms with Crippen LogP contribution in [0.1, 0.15) is 35.4 Å². The van der Waals surface area contributed by atoms with E-state index in [4.69, 9.17) is 4.52 Å². The Balaban J connectivity index is 1.75. The Morgan fingerprint density at radius 3 is 2.56 bits per heavy atom. The lowest BCUT2D eigenvalue weighted by Gasteiger charge is -2.35. The fraction of sp³-hybridized carbons (Fsp3) is 0.412. The third kappa shape index (κ3) is 2.60. The molecule has 8 heteroatoms. The number of sulfonamides is 1. The smallest absolute Gasteiger partial charge is 0.267 e. The van der Waals surface area contributed by atoms with Crippen LogP contribution in [-0.4, -0.2) is 26.0 Å². The summed E-state index contributed by atoms with van der Waals surface area (Å²) in [5.41, 5.74) is 3.87. The van der Waals surface area contributed by atoms with E-state index in [1.54, 1.807) is 13.8 Å². The second kappa shape index (κ2) is 5.59. The lowest BCUT2D eigenvalue weighted by atomic mass is 9.91. The maximum Gasteiger partial charge on any atom is 0.267 e. The number of nitrogens with zero attached hydrogens (tertiary/aromatic N) is 2. The fourth-order valence-corrected chi connectivity index (χ4v) is 5.15. The van der Waals surface area contributed by atoms with Crippen molar-refractivity contribution in [3.8, 4) is 0 Å². The standard InChI is InChI=1S/C17H19N3O4S/c1-10-17(11(2)24-18-10)25(22,23)19-14-8-12-4-3-7-20-15(21)6-5-13(9-14)16(12)20/h8-9,19H,3-7H2,1-2H3. The van der Waals surface area contributed by atoms with E-state index in [1.165, 1.54) is 0 Å². The molecule has 1 N–H and O–H groups in total. The number of benzene rings is 1. The van der Waals surface area contributed by atoms with Gasteiger partial charge in [0, 0.05) is 18.7 Å². The minimum atomic E-state index is -3.78. The summed E-state index contributed by atoms with van der Waals surface area (Å²) < 4.78 is 33.1. The molecule has 2 aliphatic rings. The van der Waals surface area contributed by atoms with E-state index in [1.807, 2.05) is 17.0 Å². The van der Waals surface area contributed by atoms with E-state index in [0.29, 0.717) is 24.2 Å². The van der Waals surface area contributed by atoms with Gasteiger partial charge in [-0.2, -0.15) is 0 Å². The van der Waals surface area contributed by atoms with E-state index in [-0.39, 0.29) is 16.6 Å². The van der Waals surface area contributed by atoms with Crippen LogP contribution in [0.3, 0.4) is 0 Å². The van der Waals surface area contributed by atoms with Gasteiger partial charge in [0.05, 0.1) is 5.69 Å². The zero-order chi connectivity index (χ0) is 17.8. The predicted octanol–water partition coefficient (Wildman–Crippen LogP) is 2.32. The topological polar surface area (TPSA) is 92.5 Å². The van der Waals surface area contributed by atoms with Crippen molar-refractivity contribution < 1.29 is 17.7 Å². The first-order chi connectivity index (χ1) is 11.9. The summed E-state index contributed by atoms with van der Waals surface area (Å²) in [6.07, 6.45) is 2.83. The second-order valence-electron chi connectivity index (χ2n) is 6.55. The lowest BCUT2D eigenvalue weighted by Crippen LogP contribution is -2.39. The van der Waals surface area contributed by atoms with Crippen LogP contribution < -0.4 is 9.62 Å². The molecule has 7 nitrogen and oxygen atoms in total. The van der Waals surface area contributed by atoms with Crippen LogP contribution in [0.4, 0.5) is 11.4 Å². The van der Waals surface area contributed by atoms with Gasteiger partial charge in [-0.15, -0.1) is 0 Å². The molecule has 1 aromatic heterocycles. The SMILES string of the molecule is Cc1noc(C)c1S(=O)(=O)Nc1cc2c3c(c1)CCC(=O)N3CCC2. The number of nitrogens with one attached hydrogen (secondary N) is 1. The fourth-order valence-electron chi connectivity index (χ4n) is 3.78. The highest BCUT2D eigenvalue weighted by Crippen LogP contribution is 2.38. The number of anilines is 2. The number of carbonyl (C=O) groups is 1. The van der Waals surface area contributed by atoms with Gasteiger partial charge in [-0.25, -0.2) is 8.42 Å². The zero-order valence-electron chi connectivity index (χ0n) is 14.1. The Hall–Kier alpha value is -2.35. The van der Waals surface area contributed by atoms with Crippen molar-refractivity contribution >= 4 is 27.3 Å². The van der Waals surface area contributed by atoms with Gasteiger partial charge in [-0.1, -0.05) is 5.16 Å².